The van der Waals surface area contributed by atoms with E-state index in [0.29, 0.717) is 12.0 Å². The van der Waals surface area contributed by atoms with Gasteiger partial charge in [0.05, 0.1) is 0 Å². The first-order valence-electron chi connectivity index (χ1n) is 7.17. The molecule has 110 valence electrons. The number of carboxylic acid groups (broad SMARTS) is 1. The Kier molecular flexibility index (Phi) is 4.47. The van der Waals surface area contributed by atoms with Crippen LogP contribution in [0.25, 0.3) is 0 Å². The highest BCUT2D eigenvalue weighted by atomic mass is 16.4. The minimum absolute atomic E-state index is 0.0202. The van der Waals surface area contributed by atoms with E-state index < -0.39 is 5.97 Å². The Labute approximate surface area is 119 Å². The van der Waals surface area contributed by atoms with Gasteiger partial charge in [0.25, 0.3) is 0 Å². The van der Waals surface area contributed by atoms with Crippen molar-refractivity contribution >= 4 is 11.9 Å². The number of nitrogens with zero attached hydrogens (tertiary/aromatic N) is 2. The van der Waals surface area contributed by atoms with Gasteiger partial charge in [-0.2, -0.15) is 0 Å². The summed E-state index contributed by atoms with van der Waals surface area (Å²) in [6.45, 7) is 5.17. The van der Waals surface area contributed by atoms with E-state index in [-0.39, 0.29) is 18.1 Å². The fourth-order valence-corrected chi connectivity index (χ4v) is 2.28. The molecule has 1 saturated carbocycles. The predicted molar refractivity (Wildman–Crippen MR) is 75.6 cm³/mol. The molecular weight excluding hydrogens is 256 g/mol. The molecule has 1 aromatic rings. The van der Waals surface area contributed by atoms with Crippen molar-refractivity contribution in [2.75, 3.05) is 6.54 Å². The molecule has 1 aliphatic rings. The van der Waals surface area contributed by atoms with Crippen molar-refractivity contribution < 1.29 is 14.7 Å². The monoisotopic (exact) mass is 278 g/mol. The van der Waals surface area contributed by atoms with Gasteiger partial charge in [0.2, 0.25) is 5.91 Å². The van der Waals surface area contributed by atoms with Gasteiger partial charge < -0.3 is 14.6 Å². The summed E-state index contributed by atoms with van der Waals surface area (Å²) in [5.41, 5.74) is 0.165. The maximum absolute atomic E-state index is 12.4. The molecule has 0 saturated heterocycles. The molecule has 1 aliphatic carbocycles. The lowest BCUT2D eigenvalue weighted by Gasteiger charge is -2.24. The van der Waals surface area contributed by atoms with Crippen LogP contribution in [0.15, 0.2) is 18.3 Å². The Balaban J connectivity index is 2.01. The van der Waals surface area contributed by atoms with Crippen molar-refractivity contribution in [3.05, 3.63) is 24.0 Å². The molecule has 0 spiro atoms. The van der Waals surface area contributed by atoms with E-state index >= 15 is 0 Å². The zero-order valence-corrected chi connectivity index (χ0v) is 12.1. The zero-order chi connectivity index (χ0) is 14.7. The van der Waals surface area contributed by atoms with Crippen LogP contribution < -0.4 is 0 Å². The van der Waals surface area contributed by atoms with Crippen LogP contribution in [0.5, 0.6) is 0 Å². The summed E-state index contributed by atoms with van der Waals surface area (Å²) in [6.07, 6.45) is 4.77. The first-order valence-corrected chi connectivity index (χ1v) is 7.17. The molecule has 0 atom stereocenters. The van der Waals surface area contributed by atoms with E-state index in [1.54, 1.807) is 12.3 Å². The van der Waals surface area contributed by atoms with E-state index in [4.69, 9.17) is 5.11 Å². The third kappa shape index (κ3) is 3.62. The van der Waals surface area contributed by atoms with Crippen LogP contribution in [-0.4, -0.2) is 39.0 Å². The maximum atomic E-state index is 12.4. The van der Waals surface area contributed by atoms with Gasteiger partial charge >= 0.3 is 5.97 Å². The summed E-state index contributed by atoms with van der Waals surface area (Å²) in [5, 5.41) is 9.06. The average molecular weight is 278 g/mol. The standard InChI is InChI=1S/C15H22N2O3/c1-11(2)7-9-17(12-5-6-12)14(18)10-16-8-3-4-13(16)15(19)20/h3-4,8,11-12H,5-7,9-10H2,1-2H3,(H,19,20). The lowest BCUT2D eigenvalue weighted by molar-refractivity contribution is -0.132. The molecule has 5 heteroatoms. The number of rotatable bonds is 7. The second kappa shape index (κ2) is 6.11. The third-order valence-electron chi connectivity index (χ3n) is 3.61. The van der Waals surface area contributed by atoms with Gasteiger partial charge in [-0.3, -0.25) is 4.79 Å². The molecule has 20 heavy (non-hydrogen) atoms. The second-order valence-corrected chi connectivity index (χ2v) is 5.83. The van der Waals surface area contributed by atoms with Crippen molar-refractivity contribution in [3.63, 3.8) is 0 Å². The number of hydrogen-bond acceptors (Lipinski definition) is 2. The van der Waals surface area contributed by atoms with Crippen molar-refractivity contribution in [2.24, 2.45) is 5.92 Å². The van der Waals surface area contributed by atoms with Gasteiger partial charge in [-0.05, 0) is 37.3 Å². The van der Waals surface area contributed by atoms with Crippen LogP contribution in [0.3, 0.4) is 0 Å². The Morgan fingerprint density at radius 3 is 2.70 bits per heavy atom. The number of carbonyl (C=O) groups is 2. The van der Waals surface area contributed by atoms with Crippen LogP contribution in [0.1, 0.15) is 43.6 Å². The second-order valence-electron chi connectivity index (χ2n) is 5.83. The molecule has 2 rings (SSSR count). The van der Waals surface area contributed by atoms with Crippen LogP contribution in [-0.2, 0) is 11.3 Å². The molecule has 0 aromatic carbocycles. The Hall–Kier alpha value is -1.78. The van der Waals surface area contributed by atoms with Crippen molar-refractivity contribution in [3.8, 4) is 0 Å². The number of hydrogen-bond donors (Lipinski definition) is 1. The van der Waals surface area contributed by atoms with Crippen LogP contribution >= 0.6 is 0 Å². The van der Waals surface area contributed by atoms with Crippen molar-refractivity contribution in [1.29, 1.82) is 0 Å². The molecule has 1 aromatic heterocycles. The van der Waals surface area contributed by atoms with Crippen LogP contribution in [0.2, 0.25) is 0 Å². The molecule has 5 nitrogen and oxygen atoms in total. The number of amides is 1. The number of aromatic nitrogens is 1. The van der Waals surface area contributed by atoms with Gasteiger partial charge in [-0.15, -0.1) is 0 Å². The molecule has 1 fully saturated rings. The molecule has 1 N–H and O–H groups in total. The van der Waals surface area contributed by atoms with Gasteiger partial charge in [0.15, 0.2) is 0 Å². The summed E-state index contributed by atoms with van der Waals surface area (Å²) < 4.78 is 1.51. The number of carboxylic acids is 1. The number of aromatic carboxylic acids is 1. The van der Waals surface area contributed by atoms with Gasteiger partial charge in [-0.25, -0.2) is 4.79 Å². The smallest absolute Gasteiger partial charge is 0.352 e. The van der Waals surface area contributed by atoms with E-state index in [0.717, 1.165) is 25.8 Å². The molecule has 0 aliphatic heterocycles. The van der Waals surface area contributed by atoms with Gasteiger partial charge in [0, 0.05) is 18.8 Å². The van der Waals surface area contributed by atoms with Gasteiger partial charge in [0.1, 0.15) is 12.2 Å². The lowest BCUT2D eigenvalue weighted by atomic mass is 10.1. The lowest BCUT2D eigenvalue weighted by Crippen LogP contribution is -2.37. The molecule has 0 bridgehead atoms. The molecule has 0 unspecified atom stereocenters. The first-order chi connectivity index (χ1) is 9.49. The largest absolute Gasteiger partial charge is 0.477 e. The van der Waals surface area contributed by atoms with Crippen LogP contribution in [0.4, 0.5) is 0 Å². The predicted octanol–water partition coefficient (Wildman–Crippen LogP) is 2.22. The highest BCUT2D eigenvalue weighted by Gasteiger charge is 2.32. The first kappa shape index (κ1) is 14.6. The topological polar surface area (TPSA) is 62.5 Å². The maximum Gasteiger partial charge on any atom is 0.352 e. The third-order valence-corrected chi connectivity index (χ3v) is 3.61. The van der Waals surface area contributed by atoms with E-state index in [1.807, 2.05) is 4.90 Å². The highest BCUT2D eigenvalue weighted by molar-refractivity contribution is 5.87. The summed E-state index contributed by atoms with van der Waals surface area (Å²) in [7, 11) is 0. The Bertz CT molecular complexity index is 489. The van der Waals surface area contributed by atoms with E-state index in [1.165, 1.54) is 10.6 Å². The summed E-state index contributed by atoms with van der Waals surface area (Å²) in [4.78, 5) is 25.4. The summed E-state index contributed by atoms with van der Waals surface area (Å²) in [5.74, 6) is -0.417. The minimum atomic E-state index is -0.997. The van der Waals surface area contributed by atoms with E-state index in [2.05, 4.69) is 13.8 Å². The summed E-state index contributed by atoms with van der Waals surface area (Å²) >= 11 is 0. The minimum Gasteiger partial charge on any atom is -0.477 e. The Morgan fingerprint density at radius 1 is 1.45 bits per heavy atom. The highest BCUT2D eigenvalue weighted by Crippen LogP contribution is 2.27. The fraction of sp³-hybridized carbons (Fsp3) is 0.600. The molecule has 1 amide bonds. The average Bonchev–Trinajstić information content (AvgIpc) is 3.08. The van der Waals surface area contributed by atoms with Crippen molar-refractivity contribution in [2.45, 2.75) is 45.7 Å². The Morgan fingerprint density at radius 2 is 2.15 bits per heavy atom. The van der Waals surface area contributed by atoms with Gasteiger partial charge in [-0.1, -0.05) is 13.8 Å². The molecular formula is C15H22N2O3. The molecule has 0 radical (unpaired) electrons. The summed E-state index contributed by atoms with van der Waals surface area (Å²) in [6, 6.07) is 3.54. The molecule has 1 heterocycles. The zero-order valence-electron chi connectivity index (χ0n) is 12.1. The van der Waals surface area contributed by atoms with E-state index in [9.17, 15) is 9.59 Å². The quantitative estimate of drug-likeness (QED) is 0.832. The SMILES string of the molecule is CC(C)CCN(C(=O)Cn1cccc1C(=O)O)C1CC1. The van der Waals surface area contributed by atoms with Crippen LogP contribution in [0, 0.1) is 5.92 Å². The normalized spacial score (nSPS) is 14.6. The fourth-order valence-electron chi connectivity index (χ4n) is 2.28. The van der Waals surface area contributed by atoms with Crippen molar-refractivity contribution in [1.82, 2.24) is 9.47 Å². The number of carbonyl (C=O) groups excluding carboxylic acids is 1.